The summed E-state index contributed by atoms with van der Waals surface area (Å²) in [5.41, 5.74) is 1.75. The molecule has 0 radical (unpaired) electrons. The second kappa shape index (κ2) is 8.37. The van der Waals surface area contributed by atoms with E-state index >= 15 is 0 Å². The SMILES string of the molecule is O=C(Cn1c(-c2ccc(Cl)cc2)n[nH]c1=S)N1CCN(c2nc3cccnc3s2)CC1. The second-order valence-corrected chi connectivity index (χ2v) is 8.92. The van der Waals surface area contributed by atoms with Crippen molar-refractivity contribution in [3.8, 4) is 11.4 Å². The highest BCUT2D eigenvalue weighted by molar-refractivity contribution is 7.71. The Bertz CT molecular complexity index is 1260. The molecule has 8 nitrogen and oxygen atoms in total. The molecule has 11 heteroatoms. The predicted molar refractivity (Wildman–Crippen MR) is 124 cm³/mol. The maximum atomic E-state index is 13.0. The molecule has 3 aromatic heterocycles. The largest absolute Gasteiger partial charge is 0.344 e. The molecule has 31 heavy (non-hydrogen) atoms. The van der Waals surface area contributed by atoms with Gasteiger partial charge in [0.05, 0.1) is 0 Å². The van der Waals surface area contributed by atoms with Crippen LogP contribution in [-0.4, -0.2) is 61.7 Å². The van der Waals surface area contributed by atoms with Crippen LogP contribution in [0.2, 0.25) is 5.02 Å². The highest BCUT2D eigenvalue weighted by Gasteiger charge is 2.24. The normalized spacial score (nSPS) is 14.4. The van der Waals surface area contributed by atoms with Crippen LogP contribution in [0.3, 0.4) is 0 Å². The Morgan fingerprint density at radius 1 is 1.16 bits per heavy atom. The molecule has 4 aromatic rings. The molecule has 4 heterocycles. The standard InChI is InChI=1S/C20H18ClN7OS2/c21-14-5-3-13(4-6-14)17-24-25-19(30)28(17)12-16(29)26-8-10-27(11-9-26)20-23-15-2-1-7-22-18(15)31-20/h1-7H,8-12H2,(H,25,30). The number of aromatic nitrogens is 5. The molecule has 1 fully saturated rings. The van der Waals surface area contributed by atoms with Crippen molar-refractivity contribution in [1.29, 1.82) is 0 Å². The summed E-state index contributed by atoms with van der Waals surface area (Å²) in [7, 11) is 0. The van der Waals surface area contributed by atoms with Crippen LogP contribution in [-0.2, 0) is 11.3 Å². The molecule has 0 spiro atoms. The van der Waals surface area contributed by atoms with E-state index in [0.717, 1.165) is 34.1 Å². The molecule has 1 amide bonds. The fraction of sp³-hybridized carbons (Fsp3) is 0.250. The van der Waals surface area contributed by atoms with Crippen molar-refractivity contribution in [2.45, 2.75) is 6.54 Å². The fourth-order valence-corrected chi connectivity index (χ4v) is 4.84. The van der Waals surface area contributed by atoms with Crippen molar-refractivity contribution in [1.82, 2.24) is 29.6 Å². The summed E-state index contributed by atoms with van der Waals surface area (Å²) in [6.07, 6.45) is 1.78. The van der Waals surface area contributed by atoms with E-state index in [9.17, 15) is 4.79 Å². The molecule has 0 bridgehead atoms. The summed E-state index contributed by atoms with van der Waals surface area (Å²) in [4.78, 5) is 27.0. The Morgan fingerprint density at radius 2 is 1.94 bits per heavy atom. The minimum atomic E-state index is 0.0123. The number of fused-ring (bicyclic) bond motifs is 1. The van der Waals surface area contributed by atoms with Gasteiger partial charge < -0.3 is 9.80 Å². The van der Waals surface area contributed by atoms with Gasteiger partial charge in [-0.15, -0.1) is 0 Å². The number of thiazole rings is 1. The number of nitrogens with zero attached hydrogens (tertiary/aromatic N) is 6. The summed E-state index contributed by atoms with van der Waals surface area (Å²) in [6, 6.07) is 11.2. The minimum Gasteiger partial charge on any atom is -0.344 e. The number of hydrogen-bond acceptors (Lipinski definition) is 7. The molecular formula is C20H18ClN7OS2. The van der Waals surface area contributed by atoms with Gasteiger partial charge in [0.15, 0.2) is 15.7 Å². The highest BCUT2D eigenvalue weighted by Crippen LogP contribution is 2.27. The minimum absolute atomic E-state index is 0.0123. The number of piperazine rings is 1. The molecule has 5 rings (SSSR count). The number of amides is 1. The van der Waals surface area contributed by atoms with E-state index in [2.05, 4.69) is 25.1 Å². The van der Waals surface area contributed by atoms with Gasteiger partial charge in [-0.2, -0.15) is 5.10 Å². The Balaban J connectivity index is 1.27. The zero-order chi connectivity index (χ0) is 21.4. The number of carbonyl (C=O) groups is 1. The van der Waals surface area contributed by atoms with Crippen molar-refractivity contribution in [2.24, 2.45) is 0 Å². The Morgan fingerprint density at radius 3 is 2.68 bits per heavy atom. The molecule has 1 aromatic carbocycles. The van der Waals surface area contributed by atoms with Crippen LogP contribution in [0.15, 0.2) is 42.6 Å². The molecule has 1 aliphatic rings. The lowest BCUT2D eigenvalue weighted by Crippen LogP contribution is -2.49. The second-order valence-electron chi connectivity index (χ2n) is 7.14. The van der Waals surface area contributed by atoms with Gasteiger partial charge in [-0.25, -0.2) is 9.97 Å². The zero-order valence-corrected chi connectivity index (χ0v) is 18.8. The number of pyridine rings is 1. The van der Waals surface area contributed by atoms with E-state index in [-0.39, 0.29) is 12.5 Å². The van der Waals surface area contributed by atoms with Crippen LogP contribution >= 0.6 is 35.2 Å². The van der Waals surface area contributed by atoms with Crippen LogP contribution in [0.5, 0.6) is 0 Å². The smallest absolute Gasteiger partial charge is 0.242 e. The van der Waals surface area contributed by atoms with E-state index in [1.165, 1.54) is 0 Å². The van der Waals surface area contributed by atoms with E-state index in [4.69, 9.17) is 23.8 Å². The number of anilines is 1. The molecule has 158 valence electrons. The summed E-state index contributed by atoms with van der Waals surface area (Å²) in [5, 5.41) is 8.68. The maximum absolute atomic E-state index is 13.0. The van der Waals surface area contributed by atoms with E-state index in [1.807, 2.05) is 29.2 Å². The van der Waals surface area contributed by atoms with Gasteiger partial charge in [0, 0.05) is 43.0 Å². The van der Waals surface area contributed by atoms with Crippen LogP contribution in [0, 0.1) is 4.77 Å². The molecule has 1 aliphatic heterocycles. The first kappa shape index (κ1) is 20.1. The molecule has 0 aliphatic carbocycles. The first-order valence-corrected chi connectivity index (χ1v) is 11.3. The van der Waals surface area contributed by atoms with Crippen molar-refractivity contribution in [3.05, 3.63) is 52.4 Å². The van der Waals surface area contributed by atoms with Gasteiger partial charge in [-0.3, -0.25) is 14.5 Å². The van der Waals surface area contributed by atoms with Gasteiger partial charge in [-0.1, -0.05) is 22.9 Å². The fourth-order valence-electron chi connectivity index (χ4n) is 3.56. The van der Waals surface area contributed by atoms with Crippen LogP contribution in [0.1, 0.15) is 0 Å². The van der Waals surface area contributed by atoms with E-state index < -0.39 is 0 Å². The number of rotatable bonds is 4. The zero-order valence-electron chi connectivity index (χ0n) is 16.4. The topological polar surface area (TPSA) is 82.9 Å². The summed E-state index contributed by atoms with van der Waals surface area (Å²) in [5.74, 6) is 0.633. The number of carbonyl (C=O) groups excluding carboxylic acids is 1. The number of H-pyrrole nitrogens is 1. The van der Waals surface area contributed by atoms with Gasteiger partial charge in [0.25, 0.3) is 0 Å². The van der Waals surface area contributed by atoms with Crippen LogP contribution < -0.4 is 4.90 Å². The summed E-state index contributed by atoms with van der Waals surface area (Å²) >= 11 is 12.9. The first-order valence-electron chi connectivity index (χ1n) is 9.74. The third-order valence-corrected chi connectivity index (χ3v) is 6.82. The number of halogens is 1. The first-order chi connectivity index (χ1) is 15.1. The molecule has 1 saturated heterocycles. The molecule has 0 saturated carbocycles. The predicted octanol–water partition coefficient (Wildman–Crippen LogP) is 3.61. The molecule has 0 atom stereocenters. The average molecular weight is 472 g/mol. The average Bonchev–Trinajstić information content (AvgIpc) is 3.38. The van der Waals surface area contributed by atoms with E-state index in [0.29, 0.717) is 28.7 Å². The van der Waals surface area contributed by atoms with E-state index in [1.54, 1.807) is 34.2 Å². The van der Waals surface area contributed by atoms with Gasteiger partial charge >= 0.3 is 0 Å². The molecule has 0 unspecified atom stereocenters. The molecule has 1 N–H and O–H groups in total. The lowest BCUT2D eigenvalue weighted by molar-refractivity contribution is -0.132. The Hall–Kier alpha value is -2.82. The van der Waals surface area contributed by atoms with Crippen molar-refractivity contribution >= 4 is 56.5 Å². The van der Waals surface area contributed by atoms with Crippen LogP contribution in [0.4, 0.5) is 5.13 Å². The van der Waals surface area contributed by atoms with Gasteiger partial charge in [0.2, 0.25) is 5.91 Å². The monoisotopic (exact) mass is 471 g/mol. The van der Waals surface area contributed by atoms with Gasteiger partial charge in [-0.05, 0) is 48.6 Å². The lowest BCUT2D eigenvalue weighted by atomic mass is 10.2. The number of hydrogen-bond donors (Lipinski definition) is 1. The summed E-state index contributed by atoms with van der Waals surface area (Å²) in [6.45, 7) is 2.85. The summed E-state index contributed by atoms with van der Waals surface area (Å²) < 4.78 is 2.14. The van der Waals surface area contributed by atoms with Gasteiger partial charge in [0.1, 0.15) is 16.9 Å². The Kier molecular flexibility index (Phi) is 5.43. The number of nitrogens with one attached hydrogen (secondary N) is 1. The Labute approximate surface area is 192 Å². The van der Waals surface area contributed by atoms with Crippen molar-refractivity contribution in [3.63, 3.8) is 0 Å². The highest BCUT2D eigenvalue weighted by atomic mass is 35.5. The third kappa shape index (κ3) is 4.06. The maximum Gasteiger partial charge on any atom is 0.242 e. The molecular weight excluding hydrogens is 454 g/mol. The number of benzene rings is 1. The van der Waals surface area contributed by atoms with Crippen molar-refractivity contribution in [2.75, 3.05) is 31.1 Å². The number of aromatic amines is 1. The quantitative estimate of drug-likeness (QED) is 0.458. The third-order valence-electron chi connectivity index (χ3n) is 5.21. The van der Waals surface area contributed by atoms with Crippen LogP contribution in [0.25, 0.3) is 21.7 Å². The lowest BCUT2D eigenvalue weighted by Gasteiger charge is -2.34. The van der Waals surface area contributed by atoms with Crippen molar-refractivity contribution < 1.29 is 4.79 Å².